The van der Waals surface area contributed by atoms with E-state index >= 15 is 0 Å². The summed E-state index contributed by atoms with van der Waals surface area (Å²) in [6.07, 6.45) is -2.68. The van der Waals surface area contributed by atoms with Gasteiger partial charge in [-0.25, -0.2) is 8.78 Å². The second kappa shape index (κ2) is 6.87. The maximum atomic E-state index is 12.3. The van der Waals surface area contributed by atoms with Crippen molar-refractivity contribution in [3.8, 4) is 0 Å². The van der Waals surface area contributed by atoms with Gasteiger partial charge in [-0.3, -0.25) is 4.79 Å². The van der Waals surface area contributed by atoms with Gasteiger partial charge in [-0.05, 0) is 12.1 Å². The lowest BCUT2D eigenvalue weighted by Crippen LogP contribution is -2.37. The molecule has 7 heteroatoms. The van der Waals surface area contributed by atoms with Crippen molar-refractivity contribution in [3.63, 3.8) is 0 Å². The highest BCUT2D eigenvalue weighted by atomic mass is 35.5. The normalized spacial score (nSPS) is 10.8. The number of aliphatic hydroxyl groups excluding tert-OH is 1. The van der Waals surface area contributed by atoms with Crippen LogP contribution in [0.1, 0.15) is 10.4 Å². The van der Waals surface area contributed by atoms with Crippen molar-refractivity contribution in [1.29, 1.82) is 0 Å². The first-order valence-electron chi connectivity index (χ1n) is 5.09. The minimum absolute atomic E-state index is 0.0152. The summed E-state index contributed by atoms with van der Waals surface area (Å²) in [5.74, 6) is -0.683. The number of amides is 1. The van der Waals surface area contributed by atoms with E-state index in [2.05, 4.69) is 0 Å². The molecule has 0 aliphatic rings. The number of halogens is 4. The SMILES string of the molecule is O=C(c1cccc(Cl)c1Cl)N(CCO)CC(F)F. The summed E-state index contributed by atoms with van der Waals surface area (Å²) in [7, 11) is 0. The summed E-state index contributed by atoms with van der Waals surface area (Å²) in [5.41, 5.74) is 0.0401. The highest BCUT2D eigenvalue weighted by molar-refractivity contribution is 6.43. The Morgan fingerprint density at radius 3 is 2.61 bits per heavy atom. The van der Waals surface area contributed by atoms with Crippen LogP contribution in [0.4, 0.5) is 8.78 Å². The lowest BCUT2D eigenvalue weighted by molar-refractivity contribution is 0.0509. The highest BCUT2D eigenvalue weighted by Gasteiger charge is 2.22. The molecule has 0 aliphatic carbocycles. The Hall–Kier alpha value is -0.910. The summed E-state index contributed by atoms with van der Waals surface area (Å²) in [6.45, 7) is -1.36. The van der Waals surface area contributed by atoms with Gasteiger partial charge in [0.1, 0.15) is 0 Å². The van der Waals surface area contributed by atoms with Crippen LogP contribution < -0.4 is 0 Å². The van der Waals surface area contributed by atoms with Gasteiger partial charge in [-0.2, -0.15) is 0 Å². The largest absolute Gasteiger partial charge is 0.395 e. The van der Waals surface area contributed by atoms with E-state index in [9.17, 15) is 13.6 Å². The summed E-state index contributed by atoms with van der Waals surface area (Å²) in [5, 5.41) is 8.96. The molecule has 1 aromatic carbocycles. The van der Waals surface area contributed by atoms with Gasteiger partial charge >= 0.3 is 0 Å². The molecule has 1 aromatic rings. The molecule has 0 aliphatic heterocycles. The topological polar surface area (TPSA) is 40.5 Å². The fraction of sp³-hybridized carbons (Fsp3) is 0.364. The molecular formula is C11H11Cl2F2NO2. The van der Waals surface area contributed by atoms with E-state index in [0.717, 1.165) is 4.90 Å². The number of hydrogen-bond donors (Lipinski definition) is 1. The first-order chi connectivity index (χ1) is 8.47. The van der Waals surface area contributed by atoms with E-state index in [0.29, 0.717) is 0 Å². The monoisotopic (exact) mass is 297 g/mol. The van der Waals surface area contributed by atoms with E-state index in [-0.39, 0.29) is 22.2 Å². The predicted molar refractivity (Wildman–Crippen MR) is 65.5 cm³/mol. The molecule has 0 saturated carbocycles. The fourth-order valence-corrected chi connectivity index (χ4v) is 1.78. The Bertz CT molecular complexity index is 430. The minimum atomic E-state index is -2.68. The maximum absolute atomic E-state index is 12.3. The van der Waals surface area contributed by atoms with Crippen molar-refractivity contribution in [3.05, 3.63) is 33.8 Å². The molecule has 0 unspecified atom stereocenters. The van der Waals surface area contributed by atoms with Crippen LogP contribution in [0.3, 0.4) is 0 Å². The van der Waals surface area contributed by atoms with Gasteiger partial charge in [0.2, 0.25) is 0 Å². The lowest BCUT2D eigenvalue weighted by atomic mass is 10.2. The number of alkyl halides is 2. The van der Waals surface area contributed by atoms with E-state index < -0.39 is 25.5 Å². The molecular weight excluding hydrogens is 287 g/mol. The van der Waals surface area contributed by atoms with Gasteiger partial charge < -0.3 is 10.0 Å². The molecule has 0 bridgehead atoms. The zero-order valence-corrected chi connectivity index (χ0v) is 10.8. The average Bonchev–Trinajstić information content (AvgIpc) is 2.31. The summed E-state index contributed by atoms with van der Waals surface area (Å²) in [4.78, 5) is 12.8. The molecule has 18 heavy (non-hydrogen) atoms. The van der Waals surface area contributed by atoms with Crippen molar-refractivity contribution in [1.82, 2.24) is 4.90 Å². The van der Waals surface area contributed by atoms with Crippen molar-refractivity contribution < 1.29 is 18.7 Å². The number of hydrogen-bond acceptors (Lipinski definition) is 2. The average molecular weight is 298 g/mol. The van der Waals surface area contributed by atoms with Gasteiger partial charge in [-0.1, -0.05) is 29.3 Å². The zero-order chi connectivity index (χ0) is 13.7. The van der Waals surface area contributed by atoms with Crippen molar-refractivity contribution in [2.24, 2.45) is 0 Å². The third kappa shape index (κ3) is 3.80. The molecule has 0 atom stereocenters. The first kappa shape index (κ1) is 15.1. The van der Waals surface area contributed by atoms with Crippen LogP contribution in [0, 0.1) is 0 Å². The van der Waals surface area contributed by atoms with Crippen LogP contribution in [-0.4, -0.2) is 42.0 Å². The Kier molecular flexibility index (Phi) is 5.78. The van der Waals surface area contributed by atoms with Gasteiger partial charge in [0.25, 0.3) is 12.3 Å². The number of carbonyl (C=O) groups is 1. The number of benzene rings is 1. The van der Waals surface area contributed by atoms with E-state index in [1.165, 1.54) is 18.2 Å². The lowest BCUT2D eigenvalue weighted by Gasteiger charge is -2.21. The van der Waals surface area contributed by atoms with E-state index in [1.54, 1.807) is 0 Å². The van der Waals surface area contributed by atoms with Crippen LogP contribution in [0.25, 0.3) is 0 Å². The van der Waals surface area contributed by atoms with Crippen LogP contribution in [-0.2, 0) is 0 Å². The molecule has 0 heterocycles. The van der Waals surface area contributed by atoms with Crippen LogP contribution in [0.2, 0.25) is 10.0 Å². The summed E-state index contributed by atoms with van der Waals surface area (Å²) in [6, 6.07) is 4.39. The predicted octanol–water partition coefficient (Wildman–Crippen LogP) is 2.69. The number of nitrogens with zero attached hydrogens (tertiary/aromatic N) is 1. The van der Waals surface area contributed by atoms with Crippen molar-refractivity contribution in [2.75, 3.05) is 19.7 Å². The van der Waals surface area contributed by atoms with Crippen LogP contribution >= 0.6 is 23.2 Å². The molecule has 0 aromatic heterocycles. The standard InChI is InChI=1S/C11H11Cl2F2NO2/c12-8-3-1-2-7(10(8)13)11(18)16(4-5-17)6-9(14)15/h1-3,9,17H,4-6H2. The first-order valence-corrected chi connectivity index (χ1v) is 5.85. The van der Waals surface area contributed by atoms with Crippen molar-refractivity contribution >= 4 is 29.1 Å². The van der Waals surface area contributed by atoms with Gasteiger partial charge in [0.05, 0.1) is 28.8 Å². The third-order valence-electron chi connectivity index (χ3n) is 2.20. The quantitative estimate of drug-likeness (QED) is 0.908. The van der Waals surface area contributed by atoms with E-state index in [1.807, 2.05) is 0 Å². The molecule has 0 spiro atoms. The maximum Gasteiger partial charge on any atom is 0.255 e. The minimum Gasteiger partial charge on any atom is -0.395 e. The third-order valence-corrected chi connectivity index (χ3v) is 3.02. The smallest absolute Gasteiger partial charge is 0.255 e. The molecule has 1 rings (SSSR count). The zero-order valence-electron chi connectivity index (χ0n) is 9.25. The molecule has 0 fully saturated rings. The Morgan fingerprint density at radius 2 is 2.06 bits per heavy atom. The molecule has 0 saturated heterocycles. The fourth-order valence-electron chi connectivity index (χ4n) is 1.40. The molecule has 100 valence electrons. The molecule has 1 N–H and O–H groups in total. The second-order valence-electron chi connectivity index (χ2n) is 3.47. The Morgan fingerprint density at radius 1 is 1.39 bits per heavy atom. The van der Waals surface area contributed by atoms with Crippen LogP contribution in [0.15, 0.2) is 18.2 Å². The second-order valence-corrected chi connectivity index (χ2v) is 4.25. The van der Waals surface area contributed by atoms with Gasteiger partial charge in [0, 0.05) is 6.54 Å². The van der Waals surface area contributed by atoms with Crippen LogP contribution in [0.5, 0.6) is 0 Å². The van der Waals surface area contributed by atoms with Gasteiger partial charge in [0.15, 0.2) is 0 Å². The number of rotatable bonds is 5. The summed E-state index contributed by atoms with van der Waals surface area (Å²) >= 11 is 11.6. The Balaban J connectivity index is 2.98. The highest BCUT2D eigenvalue weighted by Crippen LogP contribution is 2.26. The van der Waals surface area contributed by atoms with Gasteiger partial charge in [-0.15, -0.1) is 0 Å². The number of aliphatic hydroxyl groups is 1. The molecule has 0 radical (unpaired) electrons. The van der Waals surface area contributed by atoms with Crippen molar-refractivity contribution in [2.45, 2.75) is 6.43 Å². The van der Waals surface area contributed by atoms with E-state index in [4.69, 9.17) is 28.3 Å². The number of carbonyl (C=O) groups excluding carboxylic acids is 1. The molecule has 1 amide bonds. The Labute approximate surface area is 113 Å². The molecule has 3 nitrogen and oxygen atoms in total. The summed E-state index contributed by atoms with van der Waals surface area (Å²) < 4.78 is 24.7.